The van der Waals surface area contributed by atoms with Crippen molar-refractivity contribution in [3.05, 3.63) is 245 Å². The molecule has 0 unspecified atom stereocenters. The highest BCUT2D eigenvalue weighted by atomic mass is 35.5. The molecule has 0 saturated carbocycles. The van der Waals surface area contributed by atoms with Crippen LogP contribution < -0.4 is 48.0 Å². The molecule has 0 aliphatic heterocycles. The minimum absolute atomic E-state index is 0.252. The molecule has 13 rings (SSSR count). The van der Waals surface area contributed by atoms with Gasteiger partial charge < -0.3 is 58.0 Å². The van der Waals surface area contributed by atoms with Crippen LogP contribution in [0.3, 0.4) is 0 Å². The molecule has 0 aliphatic carbocycles. The van der Waals surface area contributed by atoms with Crippen molar-refractivity contribution in [3.63, 3.8) is 0 Å². The molecular formula is C95H101Cl2N9O8S. The molecule has 0 bridgehead atoms. The molecule has 0 spiro atoms. The first kappa shape index (κ1) is 84.1. The molecule has 3 aromatic heterocycles. The van der Waals surface area contributed by atoms with Crippen molar-refractivity contribution in [3.8, 4) is 135 Å². The Labute approximate surface area is 690 Å². The highest BCUT2D eigenvalue weighted by Crippen LogP contribution is 2.47. The van der Waals surface area contributed by atoms with Crippen LogP contribution in [0.1, 0.15) is 89.4 Å². The Morgan fingerprint density at radius 3 is 1.11 bits per heavy atom. The zero-order valence-corrected chi connectivity index (χ0v) is 70.8. The summed E-state index contributed by atoms with van der Waals surface area (Å²) in [6.07, 6.45) is 0. The number of aromatic amines is 2. The average molecular weight is 1600 g/mol. The van der Waals surface area contributed by atoms with Crippen LogP contribution in [0.15, 0.2) is 212 Å². The Balaban J connectivity index is 0.000000173. The van der Waals surface area contributed by atoms with Gasteiger partial charge in [-0.3, -0.25) is 4.79 Å². The lowest BCUT2D eigenvalue weighted by atomic mass is 10.0. The van der Waals surface area contributed by atoms with Crippen LogP contribution in [-0.2, 0) is 4.79 Å². The summed E-state index contributed by atoms with van der Waals surface area (Å²) in [5, 5.41) is 2.01. The van der Waals surface area contributed by atoms with Crippen LogP contribution in [-0.4, -0.2) is 118 Å². The number of benzene rings is 10. The molecule has 20 heteroatoms. The fraction of sp³-hybridized carbons (Fsp3) is 0.253. The smallest absolute Gasteiger partial charge is 0.343 e. The monoisotopic (exact) mass is 1600 g/mol. The van der Waals surface area contributed by atoms with Crippen molar-refractivity contribution in [2.24, 2.45) is 0 Å². The zero-order valence-electron chi connectivity index (χ0n) is 68.4. The van der Waals surface area contributed by atoms with E-state index in [0.717, 1.165) is 175 Å². The molecular weight excluding hydrogens is 1500 g/mol. The van der Waals surface area contributed by atoms with Crippen LogP contribution in [0.25, 0.3) is 100 Å². The van der Waals surface area contributed by atoms with Crippen molar-refractivity contribution in [2.75, 3.05) is 100 Å². The summed E-state index contributed by atoms with van der Waals surface area (Å²) in [7, 11) is 6.38. The van der Waals surface area contributed by atoms with Gasteiger partial charge in [-0.05, 0) is 244 Å². The molecule has 13 aromatic rings. The molecule has 3 heterocycles. The van der Waals surface area contributed by atoms with Gasteiger partial charge in [-0.1, -0.05) is 89.9 Å². The number of nitrogens with zero attached hydrogens (tertiary/aromatic N) is 7. The van der Waals surface area contributed by atoms with Crippen molar-refractivity contribution in [1.82, 2.24) is 24.9 Å². The normalized spacial score (nSPS) is 10.9. The van der Waals surface area contributed by atoms with Gasteiger partial charge in [0.15, 0.2) is 11.5 Å². The van der Waals surface area contributed by atoms with Crippen molar-refractivity contribution < 1.29 is 38.0 Å². The number of imidazole rings is 2. The van der Waals surface area contributed by atoms with Gasteiger partial charge in [0.1, 0.15) is 33.9 Å². The number of carbonyl (C=O) groups excluding carboxylic acids is 2. The van der Waals surface area contributed by atoms with Gasteiger partial charge in [0.05, 0.1) is 67.3 Å². The predicted molar refractivity (Wildman–Crippen MR) is 476 cm³/mol. The standard InChI is InChI=1S/C38H42N4O2.C33H39N3O4S.C24H20Cl2N2O2/c1-7-41(8-2)32-20-16-28(17-21-32)34-35(29-18-22-33(23-19-29)42(9-3)10-4)40-37(39-34)31-24-26(5)36(27(6)25-31)44-38(43)30-14-12-11-13-15-30;1-8-35(9-2)26-16-12-23(13-17-26)30-32(24-14-18-27(19-15-24)36(10-3)11-4)41-33(34-30)25-20-28(38-6)31(40-22(5)37)29(21-25)39-7;1-14-20(25)12-17(13-21(14)26)24-27-22(15-4-8-18(29-2)9-5-15)23(28-24)16-6-10-19(30-3)11-7-16/h11-25H,7-10H2,1-6H3,(H,39,40);12-21H,8-11H2,1-7H3;4-13H,1-3H3,(H,27,28). The summed E-state index contributed by atoms with van der Waals surface area (Å²) in [6, 6.07) is 70.9. The van der Waals surface area contributed by atoms with E-state index in [1.54, 1.807) is 51.9 Å². The largest absolute Gasteiger partial charge is 0.497 e. The maximum Gasteiger partial charge on any atom is 0.343 e. The molecule has 2 N–H and O–H groups in total. The number of anilines is 4. The Hall–Kier alpha value is -11.8. The first-order valence-corrected chi connectivity index (χ1v) is 40.5. The summed E-state index contributed by atoms with van der Waals surface area (Å²) in [5.41, 5.74) is 21.2. The third-order valence-corrected chi connectivity index (χ3v) is 22.2. The Morgan fingerprint density at radius 1 is 0.383 bits per heavy atom. The number of carbonyl (C=O) groups is 2. The number of nitrogens with one attached hydrogen (secondary N) is 2. The molecule has 0 aliphatic rings. The van der Waals surface area contributed by atoms with E-state index in [-0.39, 0.29) is 11.7 Å². The number of rotatable bonds is 28. The maximum absolute atomic E-state index is 12.8. The van der Waals surface area contributed by atoms with Crippen molar-refractivity contribution >= 4 is 69.2 Å². The average Bonchev–Trinajstić information content (AvgIpc) is 1.65. The predicted octanol–water partition coefficient (Wildman–Crippen LogP) is 23.8. The number of thiazole rings is 1. The van der Waals surface area contributed by atoms with E-state index in [2.05, 4.69) is 182 Å². The zero-order chi connectivity index (χ0) is 82.0. The molecule has 17 nitrogen and oxygen atoms in total. The number of H-pyrrole nitrogens is 2. The number of hydrogen-bond acceptors (Lipinski definition) is 16. The van der Waals surface area contributed by atoms with Gasteiger partial charge in [0.2, 0.25) is 5.75 Å². The molecule has 0 amide bonds. The highest BCUT2D eigenvalue weighted by Gasteiger charge is 2.25. The van der Waals surface area contributed by atoms with E-state index < -0.39 is 5.97 Å². The van der Waals surface area contributed by atoms with Crippen LogP contribution >= 0.6 is 34.5 Å². The fourth-order valence-electron chi connectivity index (χ4n) is 13.9. The van der Waals surface area contributed by atoms with E-state index >= 15 is 0 Å². The van der Waals surface area contributed by atoms with E-state index in [1.165, 1.54) is 29.7 Å². The minimum atomic E-state index is -0.450. The second kappa shape index (κ2) is 39.3. The van der Waals surface area contributed by atoms with Gasteiger partial charge >= 0.3 is 11.9 Å². The quantitative estimate of drug-likeness (QED) is 0.0350. The summed E-state index contributed by atoms with van der Waals surface area (Å²) in [5.74, 6) is 3.86. The summed E-state index contributed by atoms with van der Waals surface area (Å²) in [6.45, 7) is 32.2. The number of aryl methyl sites for hydroxylation is 2. The number of halogens is 2. The number of ether oxygens (including phenoxy) is 6. The van der Waals surface area contributed by atoms with Crippen molar-refractivity contribution in [1.29, 1.82) is 0 Å². The van der Waals surface area contributed by atoms with Gasteiger partial charge in [0.25, 0.3) is 0 Å². The van der Waals surface area contributed by atoms with Gasteiger partial charge in [0, 0.05) is 137 Å². The number of esters is 2. The van der Waals surface area contributed by atoms with E-state index in [9.17, 15) is 9.59 Å². The molecule has 10 aromatic carbocycles. The third-order valence-electron chi connectivity index (χ3n) is 20.3. The SMILES string of the molecule is CCN(CC)c1ccc(-c2nc(-c3cc(C)c(OC(=O)c4ccccc4)c(C)c3)[nH]c2-c2ccc(N(CC)CC)cc2)cc1.CCN(CC)c1ccc(-c2nc(-c3cc(OC)c(OC(C)=O)c(OC)c3)sc2-c2ccc(N(CC)CC)cc2)cc1.COc1ccc(-c2nc(-c3cc(Cl)c(C)c(Cl)c3)[nH]c2-c2ccc(OC)cc2)cc1. The van der Waals surface area contributed by atoms with Crippen LogP contribution in [0, 0.1) is 20.8 Å². The maximum atomic E-state index is 12.8. The lowest BCUT2D eigenvalue weighted by Gasteiger charge is -2.21. The molecule has 594 valence electrons. The van der Waals surface area contributed by atoms with E-state index in [1.807, 2.05) is 124 Å². The Kier molecular flexibility index (Phi) is 28.7. The molecule has 0 radical (unpaired) electrons. The topological polar surface area (TPSA) is 173 Å². The van der Waals surface area contributed by atoms with Gasteiger partial charge in [-0.2, -0.15) is 0 Å². The summed E-state index contributed by atoms with van der Waals surface area (Å²) < 4.78 is 33.0. The van der Waals surface area contributed by atoms with Crippen LogP contribution in [0.4, 0.5) is 22.7 Å². The van der Waals surface area contributed by atoms with Gasteiger partial charge in [-0.25, -0.2) is 19.7 Å². The molecule has 0 saturated heterocycles. The lowest BCUT2D eigenvalue weighted by Crippen LogP contribution is -2.21. The molecule has 115 heavy (non-hydrogen) atoms. The third kappa shape index (κ3) is 19.7. The highest BCUT2D eigenvalue weighted by molar-refractivity contribution is 7.19. The summed E-state index contributed by atoms with van der Waals surface area (Å²) in [4.78, 5) is 57.2. The van der Waals surface area contributed by atoms with E-state index in [0.29, 0.717) is 38.7 Å². The lowest BCUT2D eigenvalue weighted by molar-refractivity contribution is -0.132. The second-order valence-corrected chi connectivity index (χ2v) is 29.0. The number of aromatic nitrogens is 5. The number of methoxy groups -OCH3 is 4. The van der Waals surface area contributed by atoms with E-state index in [4.69, 9.17) is 66.6 Å². The van der Waals surface area contributed by atoms with Crippen molar-refractivity contribution in [2.45, 2.75) is 83.1 Å². The first-order valence-electron chi connectivity index (χ1n) is 38.9. The first-order chi connectivity index (χ1) is 55.7. The fourth-order valence-corrected chi connectivity index (χ4v) is 15.4. The minimum Gasteiger partial charge on any atom is -0.497 e. The summed E-state index contributed by atoms with van der Waals surface area (Å²) >= 11 is 14.3. The van der Waals surface area contributed by atoms with Crippen LogP contribution in [0.2, 0.25) is 10.0 Å². The second-order valence-electron chi connectivity index (χ2n) is 27.2. The Morgan fingerprint density at radius 2 is 0.739 bits per heavy atom. The Bertz CT molecular complexity index is 5120. The number of hydrogen-bond donors (Lipinski definition) is 2. The molecule has 0 fully saturated rings. The van der Waals surface area contributed by atoms with Gasteiger partial charge in [-0.15, -0.1) is 11.3 Å². The molecule has 0 atom stereocenters. The van der Waals surface area contributed by atoms with Crippen LogP contribution in [0.5, 0.6) is 34.5 Å².